The fraction of sp³-hybridized carbons (Fsp3) is 0.474. The van der Waals surface area contributed by atoms with E-state index in [0.29, 0.717) is 24.6 Å². The van der Waals surface area contributed by atoms with Crippen molar-refractivity contribution in [3.8, 4) is 10.7 Å². The molecule has 2 aliphatic heterocycles. The Labute approximate surface area is 180 Å². The fourth-order valence-corrected chi connectivity index (χ4v) is 4.86. The molecule has 0 saturated carbocycles. The summed E-state index contributed by atoms with van der Waals surface area (Å²) >= 11 is 1.41. The number of rotatable bonds is 3. The maximum atomic E-state index is 13.2. The zero-order valence-corrected chi connectivity index (χ0v) is 17.5. The van der Waals surface area contributed by atoms with Gasteiger partial charge in [0.1, 0.15) is 34.4 Å². The molecule has 0 aliphatic carbocycles. The van der Waals surface area contributed by atoms with Crippen LogP contribution in [0.15, 0.2) is 24.0 Å². The molecule has 2 fully saturated rings. The molecule has 5 rings (SSSR count). The summed E-state index contributed by atoms with van der Waals surface area (Å²) < 4.78 is 39.5. The normalized spacial score (nSPS) is 21.4. The molecule has 2 saturated heterocycles. The molecule has 1 atom stereocenters. The molecular weight excluding hydrogens is 429 g/mol. The summed E-state index contributed by atoms with van der Waals surface area (Å²) in [6, 6.07) is 1.05. The first kappa shape index (κ1) is 20.0. The van der Waals surface area contributed by atoms with Gasteiger partial charge in [0.2, 0.25) is 0 Å². The van der Waals surface area contributed by atoms with Crippen LogP contribution in [0.2, 0.25) is 0 Å². The molecule has 1 spiro atoms. The van der Waals surface area contributed by atoms with Crippen LogP contribution in [0.5, 0.6) is 0 Å². The van der Waals surface area contributed by atoms with E-state index in [1.807, 2.05) is 4.90 Å². The van der Waals surface area contributed by atoms with E-state index in [1.165, 1.54) is 18.3 Å². The predicted molar refractivity (Wildman–Crippen MR) is 109 cm³/mol. The third kappa shape index (κ3) is 3.91. The number of alkyl halides is 3. The Morgan fingerprint density at radius 1 is 1.00 bits per heavy atom. The van der Waals surface area contributed by atoms with Gasteiger partial charge in [-0.15, -0.1) is 10.2 Å². The van der Waals surface area contributed by atoms with E-state index in [-0.39, 0.29) is 11.2 Å². The zero-order valence-electron chi connectivity index (χ0n) is 16.7. The van der Waals surface area contributed by atoms with Gasteiger partial charge in [0.25, 0.3) is 0 Å². The minimum absolute atomic E-state index is 0.0162. The van der Waals surface area contributed by atoms with Crippen molar-refractivity contribution in [2.75, 3.05) is 36.0 Å². The largest absolute Gasteiger partial charge is 0.433 e. The van der Waals surface area contributed by atoms with Crippen molar-refractivity contribution in [2.24, 2.45) is 5.41 Å². The lowest BCUT2D eigenvalue weighted by atomic mass is 9.86. The number of aryl methyl sites for hydroxylation is 1. The molecule has 3 aromatic heterocycles. The van der Waals surface area contributed by atoms with E-state index in [9.17, 15) is 13.2 Å². The minimum Gasteiger partial charge on any atom is -0.356 e. The van der Waals surface area contributed by atoms with Crippen molar-refractivity contribution in [3.63, 3.8) is 0 Å². The van der Waals surface area contributed by atoms with Crippen molar-refractivity contribution >= 4 is 23.0 Å². The van der Waals surface area contributed by atoms with E-state index in [4.69, 9.17) is 4.98 Å². The number of halogens is 3. The summed E-state index contributed by atoms with van der Waals surface area (Å²) in [6.45, 7) is 4.40. The van der Waals surface area contributed by atoms with Crippen LogP contribution in [0.3, 0.4) is 0 Å². The van der Waals surface area contributed by atoms with E-state index >= 15 is 0 Å². The van der Waals surface area contributed by atoms with Crippen molar-refractivity contribution in [1.29, 1.82) is 0 Å². The second kappa shape index (κ2) is 7.36. The fourth-order valence-electron chi connectivity index (χ4n) is 4.35. The average Bonchev–Trinajstić information content (AvgIpc) is 3.49. The zero-order chi connectivity index (χ0) is 21.6. The van der Waals surface area contributed by atoms with Gasteiger partial charge in [-0.2, -0.15) is 13.2 Å². The summed E-state index contributed by atoms with van der Waals surface area (Å²) in [7, 11) is 0. The van der Waals surface area contributed by atoms with Gasteiger partial charge in [0.05, 0.1) is 12.4 Å². The molecule has 0 N–H and O–H groups in total. The van der Waals surface area contributed by atoms with Gasteiger partial charge in [0, 0.05) is 37.7 Å². The maximum absolute atomic E-state index is 13.2. The number of hydrogen-bond donors (Lipinski definition) is 0. The highest BCUT2D eigenvalue weighted by Gasteiger charge is 2.45. The molecule has 162 valence electrons. The Hall–Kier alpha value is -2.89. The lowest BCUT2D eigenvalue weighted by molar-refractivity contribution is -0.141. The van der Waals surface area contributed by atoms with Gasteiger partial charge in [-0.25, -0.2) is 15.0 Å². The molecule has 1 unspecified atom stereocenters. The molecule has 12 heteroatoms. The van der Waals surface area contributed by atoms with Crippen LogP contribution in [0, 0.1) is 12.3 Å². The number of nitrogens with zero attached hydrogens (tertiary/aromatic N) is 8. The SMILES string of the molecule is Cc1nc(N2CCC3(CCN(c4cncc(-c5nncs5)n4)C3)C2)cc(C(F)(F)F)n1. The van der Waals surface area contributed by atoms with Gasteiger partial charge >= 0.3 is 6.18 Å². The second-order valence-electron chi connectivity index (χ2n) is 8.01. The average molecular weight is 448 g/mol. The Balaban J connectivity index is 1.33. The quantitative estimate of drug-likeness (QED) is 0.604. The summed E-state index contributed by atoms with van der Waals surface area (Å²) in [6.07, 6.45) is 0.741. The van der Waals surface area contributed by atoms with Crippen LogP contribution >= 0.6 is 11.3 Å². The first-order chi connectivity index (χ1) is 14.8. The smallest absolute Gasteiger partial charge is 0.356 e. The lowest BCUT2D eigenvalue weighted by Gasteiger charge is -2.25. The number of hydrogen-bond acceptors (Lipinski definition) is 9. The lowest BCUT2D eigenvalue weighted by Crippen LogP contribution is -2.31. The van der Waals surface area contributed by atoms with Crippen molar-refractivity contribution in [3.05, 3.63) is 35.5 Å². The Morgan fingerprint density at radius 2 is 1.74 bits per heavy atom. The molecule has 31 heavy (non-hydrogen) atoms. The Morgan fingerprint density at radius 3 is 2.42 bits per heavy atom. The summed E-state index contributed by atoms with van der Waals surface area (Å²) in [5, 5.41) is 8.62. The van der Waals surface area contributed by atoms with Crippen LogP contribution < -0.4 is 9.80 Å². The third-order valence-electron chi connectivity index (χ3n) is 5.84. The second-order valence-corrected chi connectivity index (χ2v) is 8.84. The van der Waals surface area contributed by atoms with Crippen LogP contribution in [-0.2, 0) is 6.18 Å². The molecule has 0 radical (unpaired) electrons. The van der Waals surface area contributed by atoms with Crippen LogP contribution in [-0.4, -0.2) is 56.3 Å². The first-order valence-corrected chi connectivity index (χ1v) is 10.7. The van der Waals surface area contributed by atoms with Crippen molar-refractivity contribution in [2.45, 2.75) is 25.9 Å². The monoisotopic (exact) mass is 448 g/mol. The molecule has 8 nitrogen and oxygen atoms in total. The molecule has 0 aromatic carbocycles. The number of anilines is 2. The highest BCUT2D eigenvalue weighted by Crippen LogP contribution is 2.42. The van der Waals surface area contributed by atoms with Gasteiger partial charge in [-0.05, 0) is 19.8 Å². The van der Waals surface area contributed by atoms with Gasteiger partial charge in [-0.1, -0.05) is 11.3 Å². The summed E-state index contributed by atoms with van der Waals surface area (Å²) in [4.78, 5) is 20.9. The Kier molecular flexibility index (Phi) is 4.76. The van der Waals surface area contributed by atoms with E-state index in [2.05, 4.69) is 30.0 Å². The molecule has 2 aliphatic rings. The first-order valence-electron chi connectivity index (χ1n) is 9.83. The van der Waals surface area contributed by atoms with Crippen LogP contribution in [0.1, 0.15) is 24.4 Å². The molecule has 3 aromatic rings. The summed E-state index contributed by atoms with van der Waals surface area (Å²) in [5.74, 6) is 1.25. The highest BCUT2D eigenvalue weighted by atomic mass is 32.1. The van der Waals surface area contributed by atoms with Gasteiger partial charge < -0.3 is 9.80 Å². The standard InChI is InChI=1S/C19H19F3N8S/c1-12-25-14(19(20,21)22)6-15(26-12)29-4-2-18(9-29)3-5-30(10-18)16-8-23-7-13(27-16)17-28-24-11-31-17/h6-8,11H,2-5,9-10H2,1H3. The maximum Gasteiger partial charge on any atom is 0.433 e. The van der Waals surface area contributed by atoms with Gasteiger partial charge in [-0.3, -0.25) is 4.98 Å². The van der Waals surface area contributed by atoms with Crippen molar-refractivity contribution < 1.29 is 13.2 Å². The molecule has 5 heterocycles. The predicted octanol–water partition coefficient (Wildman–Crippen LogP) is 3.22. The minimum atomic E-state index is -4.49. The van der Waals surface area contributed by atoms with Crippen LogP contribution in [0.4, 0.5) is 24.8 Å². The van der Waals surface area contributed by atoms with E-state index in [0.717, 1.165) is 42.8 Å². The third-order valence-corrected chi connectivity index (χ3v) is 6.55. The Bertz CT molecular complexity index is 1090. The topological polar surface area (TPSA) is 83.8 Å². The summed E-state index contributed by atoms with van der Waals surface area (Å²) in [5.41, 5.74) is 1.43. The molecular formula is C19H19F3N8S. The highest BCUT2D eigenvalue weighted by molar-refractivity contribution is 7.12. The number of aromatic nitrogens is 6. The van der Waals surface area contributed by atoms with Crippen molar-refractivity contribution in [1.82, 2.24) is 30.1 Å². The van der Waals surface area contributed by atoms with E-state index in [1.54, 1.807) is 17.9 Å². The molecule has 0 amide bonds. The molecule has 0 bridgehead atoms. The van der Waals surface area contributed by atoms with Gasteiger partial charge in [0.15, 0.2) is 5.01 Å². The van der Waals surface area contributed by atoms with E-state index < -0.39 is 11.9 Å². The van der Waals surface area contributed by atoms with Crippen LogP contribution in [0.25, 0.3) is 10.7 Å².